The molecule has 344 valence electrons. The maximum Gasteiger partial charge on any atom is 0.413 e. The van der Waals surface area contributed by atoms with Crippen molar-refractivity contribution in [1.29, 1.82) is 0 Å². The van der Waals surface area contributed by atoms with Crippen LogP contribution in [0.25, 0.3) is 0 Å². The highest BCUT2D eigenvalue weighted by Crippen LogP contribution is 2.54. The Balaban J connectivity index is 7.94. The number of hydrogen-bond donors (Lipinski definition) is 0. The zero-order valence-electron chi connectivity index (χ0n) is 25.4. The van der Waals surface area contributed by atoms with E-state index in [1.54, 1.807) is 0 Å². The van der Waals surface area contributed by atoms with Crippen LogP contribution in [-0.2, 0) is 18.9 Å². The van der Waals surface area contributed by atoms with Gasteiger partial charge in [-0.3, -0.25) is 18.9 Å². The van der Waals surface area contributed by atoms with Crippen molar-refractivity contribution in [1.82, 2.24) is 0 Å². The number of hydrogen-bond acceptors (Lipinski definition) is 4. The Morgan fingerprint density at radius 3 is 0.474 bits per heavy atom. The first kappa shape index (κ1) is 54.6. The molecule has 36 heteroatoms. The maximum atomic E-state index is 14.1. The van der Waals surface area contributed by atoms with E-state index in [-0.39, 0.29) is 0 Å². The van der Waals surface area contributed by atoms with E-state index in [9.17, 15) is 140 Å². The van der Waals surface area contributed by atoms with Gasteiger partial charge in [-0.05, 0) is 0 Å². The van der Waals surface area contributed by atoms with Crippen LogP contribution in [0.15, 0.2) is 0 Å². The van der Waals surface area contributed by atoms with Crippen LogP contribution in [0.5, 0.6) is 0 Å². The van der Waals surface area contributed by atoms with E-state index in [0.717, 1.165) is 0 Å². The Morgan fingerprint density at radius 2 is 0.368 bits per heavy atom. The predicted molar refractivity (Wildman–Crippen MR) is 110 cm³/mol. The van der Waals surface area contributed by atoms with Gasteiger partial charge in [0.25, 0.3) is 0 Å². The molecule has 57 heavy (non-hydrogen) atoms. The SMILES string of the molecule is FC(F)C(F)(F)C(F)(F)C(F)(F)COC(OCC(F)(F)C(F)(F)C(F)(F)C(F)F)(OCC(F)(F)C(F)(F)C(F)(F)C(F)F)OCC(F)(F)C(F)(F)C(F)(F)C(F)F. The second kappa shape index (κ2) is 16.2. The Kier molecular flexibility index (Phi) is 15.5. The van der Waals surface area contributed by atoms with Crippen molar-refractivity contribution < 1.29 is 159 Å². The third-order valence-corrected chi connectivity index (χ3v) is 6.33. The number of rotatable bonds is 24. The summed E-state index contributed by atoms with van der Waals surface area (Å²) in [6.07, 6.45) is -30.8. The molecule has 0 atom stereocenters. The summed E-state index contributed by atoms with van der Waals surface area (Å²) in [5, 5.41) is 0. The van der Waals surface area contributed by atoms with E-state index in [1.807, 2.05) is 0 Å². The largest absolute Gasteiger partial charge is 0.413 e. The average molecular weight is 936 g/mol. The lowest BCUT2D eigenvalue weighted by Crippen LogP contribution is -2.64. The van der Waals surface area contributed by atoms with Crippen molar-refractivity contribution in [2.75, 3.05) is 26.4 Å². The average Bonchev–Trinajstić information content (AvgIpc) is 3.02. The first-order valence-corrected chi connectivity index (χ1v) is 12.8. The molecule has 0 amide bonds. The van der Waals surface area contributed by atoms with Crippen LogP contribution in [0, 0.1) is 0 Å². The lowest BCUT2D eigenvalue weighted by Gasteiger charge is -2.40. The van der Waals surface area contributed by atoms with Crippen LogP contribution in [-0.4, -0.2) is 129 Å². The molecule has 0 aliphatic carbocycles. The van der Waals surface area contributed by atoms with E-state index < -0.39 is 129 Å². The molecular weight excluding hydrogens is 924 g/mol. The third kappa shape index (κ3) is 9.65. The predicted octanol–water partition coefficient (Wildman–Crippen LogP) is 10.3. The molecular formula is C21H12F32O4. The molecule has 0 aromatic heterocycles. The van der Waals surface area contributed by atoms with E-state index in [2.05, 4.69) is 18.9 Å². The Morgan fingerprint density at radius 1 is 0.246 bits per heavy atom. The highest BCUT2D eigenvalue weighted by atomic mass is 19.4. The quantitative estimate of drug-likeness (QED) is 0.0714. The molecule has 0 rings (SSSR count). The lowest BCUT2D eigenvalue weighted by molar-refractivity contribution is -0.533. The van der Waals surface area contributed by atoms with Crippen LogP contribution in [0.4, 0.5) is 140 Å². The fraction of sp³-hybridized carbons (Fsp3) is 1.00. The van der Waals surface area contributed by atoms with Gasteiger partial charge in [0.1, 0.15) is 26.4 Å². The second-order valence-corrected chi connectivity index (χ2v) is 10.5. The summed E-state index contributed by atoms with van der Waals surface area (Å²) in [6, 6.07) is 0. The molecule has 0 radical (unpaired) electrons. The number of halogens is 32. The van der Waals surface area contributed by atoms with Gasteiger partial charge in [0, 0.05) is 0 Å². The van der Waals surface area contributed by atoms with Crippen LogP contribution in [0.2, 0.25) is 0 Å². The van der Waals surface area contributed by atoms with Crippen molar-refractivity contribution in [3.8, 4) is 0 Å². The Bertz CT molecular complexity index is 1110. The minimum Gasteiger partial charge on any atom is -0.297 e. The topological polar surface area (TPSA) is 36.9 Å². The monoisotopic (exact) mass is 936 g/mol. The van der Waals surface area contributed by atoms with E-state index in [0.29, 0.717) is 0 Å². The molecule has 0 aliphatic rings. The van der Waals surface area contributed by atoms with Crippen molar-refractivity contribution in [3.63, 3.8) is 0 Å². The summed E-state index contributed by atoms with van der Waals surface area (Å²) in [6.45, 7) is -18.4. The summed E-state index contributed by atoms with van der Waals surface area (Å²) in [4.78, 5) is 0. The molecule has 0 saturated carbocycles. The normalized spacial score (nSPS) is 16.2. The van der Waals surface area contributed by atoms with Gasteiger partial charge in [-0.25, -0.2) is 35.1 Å². The van der Waals surface area contributed by atoms with Crippen molar-refractivity contribution in [2.45, 2.75) is 103 Å². The molecule has 0 aliphatic heterocycles. The molecule has 0 spiro atoms. The van der Waals surface area contributed by atoms with Gasteiger partial charge in [0.05, 0.1) is 0 Å². The van der Waals surface area contributed by atoms with Gasteiger partial charge >= 0.3 is 103 Å². The van der Waals surface area contributed by atoms with E-state index >= 15 is 0 Å². The van der Waals surface area contributed by atoms with E-state index in [4.69, 9.17) is 0 Å². The molecule has 0 heterocycles. The first-order chi connectivity index (χ1) is 24.6. The maximum absolute atomic E-state index is 14.1. The molecule has 0 N–H and O–H groups in total. The van der Waals surface area contributed by atoms with Crippen molar-refractivity contribution in [3.05, 3.63) is 0 Å². The third-order valence-electron chi connectivity index (χ3n) is 6.33. The Hall–Kier alpha value is -2.40. The van der Waals surface area contributed by atoms with Gasteiger partial charge in [-0.2, -0.15) is 105 Å². The van der Waals surface area contributed by atoms with Gasteiger partial charge in [-0.1, -0.05) is 0 Å². The number of alkyl halides is 32. The van der Waals surface area contributed by atoms with Gasteiger partial charge in [-0.15, -0.1) is 0 Å². The molecule has 0 saturated heterocycles. The zero-order chi connectivity index (χ0) is 46.5. The van der Waals surface area contributed by atoms with Crippen LogP contribution >= 0.6 is 0 Å². The fourth-order valence-corrected chi connectivity index (χ4v) is 2.85. The zero-order valence-corrected chi connectivity index (χ0v) is 25.4. The molecule has 0 aromatic rings. The summed E-state index contributed by atoms with van der Waals surface area (Å²) in [7, 11) is 0. The summed E-state index contributed by atoms with van der Waals surface area (Å²) < 4.78 is 438. The first-order valence-electron chi connectivity index (χ1n) is 12.8. The van der Waals surface area contributed by atoms with Crippen LogP contribution < -0.4 is 0 Å². The number of ether oxygens (including phenoxy) is 4. The van der Waals surface area contributed by atoms with Crippen LogP contribution in [0.1, 0.15) is 0 Å². The minimum atomic E-state index is -7.87. The Labute approximate surface area is 290 Å². The van der Waals surface area contributed by atoms with Crippen LogP contribution in [0.3, 0.4) is 0 Å². The van der Waals surface area contributed by atoms with Gasteiger partial charge in [0.2, 0.25) is 0 Å². The highest BCUT2D eigenvalue weighted by Gasteiger charge is 2.80. The highest BCUT2D eigenvalue weighted by molar-refractivity contribution is 5.01. The fourth-order valence-electron chi connectivity index (χ4n) is 2.85. The van der Waals surface area contributed by atoms with Gasteiger partial charge < -0.3 is 0 Å². The lowest BCUT2D eigenvalue weighted by atomic mass is 10.1. The van der Waals surface area contributed by atoms with E-state index in [1.165, 1.54) is 0 Å². The van der Waals surface area contributed by atoms with Crippen molar-refractivity contribution in [2.24, 2.45) is 0 Å². The second-order valence-electron chi connectivity index (χ2n) is 10.5. The minimum absolute atomic E-state index is 2.76. The molecule has 4 nitrogen and oxygen atoms in total. The smallest absolute Gasteiger partial charge is 0.297 e. The standard InChI is InChI=1S/C21H12F32O4/c22-5(23)13(38,39)17(46,47)9(30,31)1-54-21(55-2-10(32,33)18(48,49)14(40,41)6(24)25,56-3-11(34,35)19(50,51)15(42,43)7(26)27)57-4-12(36,37)20(52,53)16(44,45)8(28)29/h5-8H,1-4H2. The van der Waals surface area contributed by atoms with Crippen molar-refractivity contribution >= 4 is 0 Å². The summed E-state index contributed by atoms with van der Waals surface area (Å²) in [5.41, 5.74) is 0. The van der Waals surface area contributed by atoms with Gasteiger partial charge in [0.15, 0.2) is 0 Å². The molecule has 0 unspecified atom stereocenters. The molecule has 0 bridgehead atoms. The molecule has 0 aromatic carbocycles. The summed E-state index contributed by atoms with van der Waals surface area (Å²) in [5.74, 6) is -91.5. The summed E-state index contributed by atoms with van der Waals surface area (Å²) >= 11 is 0. The molecule has 0 fully saturated rings.